The number of carboxylic acids is 1. The lowest BCUT2D eigenvalue weighted by atomic mass is 10.1. The number of aliphatic carboxylic acids is 1. The van der Waals surface area contributed by atoms with E-state index in [4.69, 9.17) is 15.1 Å². The van der Waals surface area contributed by atoms with Crippen LogP contribution in [0.1, 0.15) is 12.5 Å². The van der Waals surface area contributed by atoms with Gasteiger partial charge in [-0.2, -0.15) is 0 Å². The molecule has 22 heavy (non-hydrogen) atoms. The molecule has 0 aromatic heterocycles. The van der Waals surface area contributed by atoms with Gasteiger partial charge in [0.1, 0.15) is 0 Å². The number of aliphatic hydroxyl groups excluding tert-OH is 1. The lowest BCUT2D eigenvalue weighted by Crippen LogP contribution is -2.23. The van der Waals surface area contributed by atoms with Crippen LogP contribution in [0.4, 0.5) is 5.69 Å². The van der Waals surface area contributed by atoms with E-state index in [1.165, 1.54) is 6.92 Å². The Labute approximate surface area is 126 Å². The van der Waals surface area contributed by atoms with Gasteiger partial charge in [-0.15, -0.1) is 0 Å². The first-order chi connectivity index (χ1) is 10.4. The minimum atomic E-state index is -1.60. The van der Waals surface area contributed by atoms with E-state index in [1.807, 2.05) is 5.48 Å². The summed E-state index contributed by atoms with van der Waals surface area (Å²) < 4.78 is 0. The summed E-state index contributed by atoms with van der Waals surface area (Å²) in [5, 5.41) is 19.8. The molecule has 0 atom stereocenters. The van der Waals surface area contributed by atoms with Gasteiger partial charge in [0.25, 0.3) is 5.91 Å². The molecular weight excluding hydrogens is 292 g/mol. The molecule has 1 aromatic carbocycles. The third-order valence-corrected chi connectivity index (χ3v) is 2.43. The number of anilines is 1. The van der Waals surface area contributed by atoms with Crippen LogP contribution in [-0.2, 0) is 25.6 Å². The number of rotatable bonds is 7. The van der Waals surface area contributed by atoms with Crippen LogP contribution in [0.15, 0.2) is 36.1 Å². The molecule has 4 N–H and O–H groups in total. The zero-order valence-corrected chi connectivity index (χ0v) is 11.8. The lowest BCUT2D eigenvalue weighted by molar-refractivity contribution is -0.136. The van der Waals surface area contributed by atoms with Crippen molar-refractivity contribution in [3.05, 3.63) is 41.7 Å². The summed E-state index contributed by atoms with van der Waals surface area (Å²) in [6.45, 7) is 1.58. The lowest BCUT2D eigenvalue weighted by Gasteiger charge is -2.06. The number of carbonyl (C=O) groups excluding carboxylic acids is 2. The quantitative estimate of drug-likeness (QED) is 0.255. The molecular formula is C14H16N2O6. The molecule has 0 aliphatic rings. The third kappa shape index (κ3) is 6.53. The highest BCUT2D eigenvalue weighted by Gasteiger charge is 2.07. The molecule has 118 valence electrons. The number of carboxylic acid groups (broad SMARTS) is 1. The highest BCUT2D eigenvalue weighted by atomic mass is 16.6. The summed E-state index contributed by atoms with van der Waals surface area (Å²) in [4.78, 5) is 37.1. The van der Waals surface area contributed by atoms with Gasteiger partial charge in [0.05, 0.1) is 12.7 Å². The fourth-order valence-electron chi connectivity index (χ4n) is 1.46. The summed E-state index contributed by atoms with van der Waals surface area (Å²) in [6, 6.07) is 7.07. The Morgan fingerprint density at radius 2 is 1.82 bits per heavy atom. The van der Waals surface area contributed by atoms with Crippen molar-refractivity contribution in [3.63, 3.8) is 0 Å². The molecule has 8 nitrogen and oxygen atoms in total. The van der Waals surface area contributed by atoms with Gasteiger partial charge in [0.2, 0.25) is 11.7 Å². The van der Waals surface area contributed by atoms with Crippen LogP contribution < -0.4 is 10.8 Å². The molecule has 0 unspecified atom stereocenters. The Bertz CT molecular complexity index is 580. The Kier molecular flexibility index (Phi) is 6.58. The van der Waals surface area contributed by atoms with Crippen LogP contribution in [0, 0.1) is 0 Å². The predicted octanol–water partition coefficient (Wildman–Crippen LogP) is 0.762. The maximum atomic E-state index is 11.1. The van der Waals surface area contributed by atoms with Crippen molar-refractivity contribution in [2.45, 2.75) is 13.3 Å². The topological polar surface area (TPSA) is 125 Å². The van der Waals surface area contributed by atoms with Gasteiger partial charge < -0.3 is 15.5 Å². The van der Waals surface area contributed by atoms with Crippen molar-refractivity contribution in [2.75, 3.05) is 11.9 Å². The van der Waals surface area contributed by atoms with E-state index in [0.717, 1.165) is 5.56 Å². The minimum Gasteiger partial charge on any atom is -0.502 e. The summed E-state index contributed by atoms with van der Waals surface area (Å²) in [7, 11) is 0. The van der Waals surface area contributed by atoms with Gasteiger partial charge in [-0.1, -0.05) is 12.1 Å². The second-order valence-electron chi connectivity index (χ2n) is 4.28. The third-order valence-electron chi connectivity index (χ3n) is 2.43. The fraction of sp³-hybridized carbons (Fsp3) is 0.214. The first-order valence-electron chi connectivity index (χ1n) is 6.30. The van der Waals surface area contributed by atoms with Crippen LogP contribution in [-0.4, -0.2) is 34.6 Å². The number of hydroxylamine groups is 1. The van der Waals surface area contributed by atoms with Gasteiger partial charge >= 0.3 is 5.97 Å². The van der Waals surface area contributed by atoms with E-state index in [0.29, 0.717) is 18.2 Å². The molecule has 0 bridgehead atoms. The second-order valence-corrected chi connectivity index (χ2v) is 4.28. The number of hydrogen-bond donors (Lipinski definition) is 4. The second kappa shape index (κ2) is 8.42. The predicted molar refractivity (Wildman–Crippen MR) is 76.9 cm³/mol. The molecule has 1 aromatic rings. The molecule has 2 amide bonds. The van der Waals surface area contributed by atoms with E-state index in [-0.39, 0.29) is 12.5 Å². The van der Waals surface area contributed by atoms with E-state index < -0.39 is 17.6 Å². The molecule has 0 saturated heterocycles. The number of amides is 2. The molecule has 0 aliphatic heterocycles. The number of hydrogen-bond acceptors (Lipinski definition) is 5. The average molecular weight is 308 g/mol. The zero-order chi connectivity index (χ0) is 16.5. The van der Waals surface area contributed by atoms with Crippen molar-refractivity contribution in [1.82, 2.24) is 5.48 Å². The van der Waals surface area contributed by atoms with E-state index >= 15 is 0 Å². The Balaban J connectivity index is 2.33. The highest BCUT2D eigenvalue weighted by molar-refractivity contribution is 5.95. The maximum Gasteiger partial charge on any atom is 0.371 e. The van der Waals surface area contributed by atoms with Gasteiger partial charge in [0.15, 0.2) is 0 Å². The average Bonchev–Trinajstić information content (AvgIpc) is 2.44. The molecule has 0 fully saturated rings. The highest BCUT2D eigenvalue weighted by Crippen LogP contribution is 2.09. The van der Waals surface area contributed by atoms with Crippen LogP contribution in [0.25, 0.3) is 0 Å². The monoisotopic (exact) mass is 308 g/mol. The van der Waals surface area contributed by atoms with Crippen molar-refractivity contribution in [1.29, 1.82) is 0 Å². The molecule has 0 spiro atoms. The maximum absolute atomic E-state index is 11.1. The van der Waals surface area contributed by atoms with Crippen molar-refractivity contribution < 1.29 is 29.4 Å². The van der Waals surface area contributed by atoms with Crippen molar-refractivity contribution in [3.8, 4) is 0 Å². The molecule has 0 radical (unpaired) electrons. The standard InChI is InChI=1S/C14H16N2O6/c1-9(17)15-11-4-2-10(3-5-11)6-7-22-16-13(19)8-12(18)14(20)21/h2-5,8,18H,6-7H2,1H3,(H,15,17)(H,16,19)(H,20,21). The minimum absolute atomic E-state index is 0.156. The van der Waals surface area contributed by atoms with Crippen LogP contribution >= 0.6 is 0 Å². The first-order valence-corrected chi connectivity index (χ1v) is 6.30. The summed E-state index contributed by atoms with van der Waals surface area (Å²) in [5.41, 5.74) is 3.58. The van der Waals surface area contributed by atoms with Gasteiger partial charge in [-0.3, -0.25) is 14.4 Å². The van der Waals surface area contributed by atoms with E-state index in [9.17, 15) is 14.4 Å². The Hall–Kier alpha value is -2.87. The molecule has 0 heterocycles. The largest absolute Gasteiger partial charge is 0.502 e. The number of nitrogens with one attached hydrogen (secondary N) is 2. The molecule has 8 heteroatoms. The Morgan fingerprint density at radius 1 is 1.18 bits per heavy atom. The van der Waals surface area contributed by atoms with E-state index in [2.05, 4.69) is 5.32 Å². The van der Waals surface area contributed by atoms with E-state index in [1.54, 1.807) is 24.3 Å². The van der Waals surface area contributed by atoms with Crippen molar-refractivity contribution >= 4 is 23.5 Å². The van der Waals surface area contributed by atoms with Gasteiger partial charge in [0, 0.05) is 12.6 Å². The zero-order valence-electron chi connectivity index (χ0n) is 11.8. The number of benzene rings is 1. The van der Waals surface area contributed by atoms with Crippen LogP contribution in [0.5, 0.6) is 0 Å². The normalized spacial score (nSPS) is 10.9. The fourth-order valence-corrected chi connectivity index (χ4v) is 1.46. The summed E-state index contributed by atoms with van der Waals surface area (Å²) in [6.07, 6.45) is 1.000. The summed E-state index contributed by atoms with van der Waals surface area (Å²) >= 11 is 0. The molecule has 0 aliphatic carbocycles. The summed E-state index contributed by atoms with van der Waals surface area (Å²) in [5.74, 6) is -3.71. The number of carbonyl (C=O) groups is 3. The Morgan fingerprint density at radius 3 is 2.36 bits per heavy atom. The van der Waals surface area contributed by atoms with Gasteiger partial charge in [-0.25, -0.2) is 10.3 Å². The number of aliphatic hydroxyl groups is 1. The molecule has 0 saturated carbocycles. The SMILES string of the molecule is CC(=O)Nc1ccc(CCONC(=O)C=C(O)C(=O)O)cc1. The van der Waals surface area contributed by atoms with Crippen molar-refractivity contribution in [2.24, 2.45) is 0 Å². The van der Waals surface area contributed by atoms with Crippen LogP contribution in [0.3, 0.4) is 0 Å². The van der Waals surface area contributed by atoms with Gasteiger partial charge in [-0.05, 0) is 24.1 Å². The van der Waals surface area contributed by atoms with Crippen LogP contribution in [0.2, 0.25) is 0 Å². The first kappa shape index (κ1) is 17.2. The smallest absolute Gasteiger partial charge is 0.371 e. The molecule has 1 rings (SSSR count).